The topological polar surface area (TPSA) is 45.2 Å². The zero-order valence-corrected chi connectivity index (χ0v) is 14.9. The molecule has 1 atom stereocenters. The van der Waals surface area contributed by atoms with E-state index in [1.807, 2.05) is 0 Å². The van der Waals surface area contributed by atoms with E-state index >= 15 is 0 Å². The lowest BCUT2D eigenvalue weighted by atomic mass is 10.1. The minimum absolute atomic E-state index is 0.145. The molecule has 1 N–H and O–H groups in total. The van der Waals surface area contributed by atoms with E-state index in [9.17, 15) is 22.4 Å². The molecular formula is C21H15F4N3O. The summed E-state index contributed by atoms with van der Waals surface area (Å²) in [4.78, 5) is 18.6. The SMILES string of the molecule is O=C1c2cccnc2[C@@H](Nc2cccc(C(F)(F)F)c2)N1Cc1ccc(F)cc1. The van der Waals surface area contributed by atoms with Crippen LogP contribution in [0.2, 0.25) is 0 Å². The highest BCUT2D eigenvalue weighted by molar-refractivity contribution is 5.98. The minimum atomic E-state index is -4.48. The molecule has 2 heterocycles. The zero-order chi connectivity index (χ0) is 20.6. The summed E-state index contributed by atoms with van der Waals surface area (Å²) < 4.78 is 52.3. The summed E-state index contributed by atoms with van der Waals surface area (Å²) in [5.74, 6) is -0.702. The van der Waals surface area contributed by atoms with Gasteiger partial charge in [0.1, 0.15) is 12.0 Å². The number of nitrogens with one attached hydrogen (secondary N) is 1. The van der Waals surface area contributed by atoms with Gasteiger partial charge in [0.05, 0.1) is 16.8 Å². The van der Waals surface area contributed by atoms with Crippen molar-refractivity contribution in [1.82, 2.24) is 9.88 Å². The van der Waals surface area contributed by atoms with Crippen LogP contribution < -0.4 is 5.32 Å². The molecule has 1 aromatic heterocycles. The predicted molar refractivity (Wildman–Crippen MR) is 98.3 cm³/mol. The van der Waals surface area contributed by atoms with Gasteiger partial charge in [-0.15, -0.1) is 0 Å². The number of carbonyl (C=O) groups excluding carboxylic acids is 1. The Bertz CT molecular complexity index is 1050. The first kappa shape index (κ1) is 18.9. The van der Waals surface area contributed by atoms with Crippen LogP contribution in [0.25, 0.3) is 0 Å². The van der Waals surface area contributed by atoms with E-state index in [0.717, 1.165) is 12.1 Å². The molecule has 1 aliphatic heterocycles. The summed E-state index contributed by atoms with van der Waals surface area (Å²) >= 11 is 0. The number of carbonyl (C=O) groups is 1. The van der Waals surface area contributed by atoms with Crippen LogP contribution in [0.1, 0.15) is 33.3 Å². The van der Waals surface area contributed by atoms with Crippen molar-refractivity contribution in [2.24, 2.45) is 0 Å². The number of anilines is 1. The lowest BCUT2D eigenvalue weighted by Gasteiger charge is -2.27. The molecule has 3 aromatic rings. The van der Waals surface area contributed by atoms with E-state index in [1.54, 1.807) is 24.3 Å². The van der Waals surface area contributed by atoms with Crippen LogP contribution in [0.3, 0.4) is 0 Å². The van der Waals surface area contributed by atoms with Crippen molar-refractivity contribution in [2.75, 3.05) is 5.32 Å². The van der Waals surface area contributed by atoms with Gasteiger partial charge in [-0.2, -0.15) is 13.2 Å². The average Bonchev–Trinajstić information content (AvgIpc) is 2.95. The van der Waals surface area contributed by atoms with Crippen LogP contribution in [0.15, 0.2) is 66.9 Å². The highest BCUT2D eigenvalue weighted by atomic mass is 19.4. The molecule has 0 spiro atoms. The van der Waals surface area contributed by atoms with Crippen LogP contribution in [0.5, 0.6) is 0 Å². The summed E-state index contributed by atoms with van der Waals surface area (Å²) in [5, 5.41) is 2.99. The molecule has 1 aliphatic rings. The predicted octanol–water partition coefficient (Wildman–Crippen LogP) is 5.01. The van der Waals surface area contributed by atoms with Crippen molar-refractivity contribution in [1.29, 1.82) is 0 Å². The molecular weight excluding hydrogens is 386 g/mol. The van der Waals surface area contributed by atoms with E-state index in [0.29, 0.717) is 16.8 Å². The number of aromatic nitrogens is 1. The van der Waals surface area contributed by atoms with Gasteiger partial charge in [-0.3, -0.25) is 9.78 Å². The fourth-order valence-electron chi connectivity index (χ4n) is 3.27. The number of benzene rings is 2. The van der Waals surface area contributed by atoms with Crippen molar-refractivity contribution >= 4 is 11.6 Å². The number of rotatable bonds is 4. The maximum Gasteiger partial charge on any atom is 0.416 e. The quantitative estimate of drug-likeness (QED) is 0.626. The van der Waals surface area contributed by atoms with Gasteiger partial charge in [0, 0.05) is 18.4 Å². The molecule has 2 aromatic carbocycles. The maximum absolute atomic E-state index is 13.2. The van der Waals surface area contributed by atoms with Crippen molar-refractivity contribution in [2.45, 2.75) is 18.9 Å². The van der Waals surface area contributed by atoms with Crippen LogP contribution in [0, 0.1) is 5.82 Å². The Morgan fingerprint density at radius 3 is 2.52 bits per heavy atom. The van der Waals surface area contributed by atoms with E-state index in [1.165, 1.54) is 35.4 Å². The van der Waals surface area contributed by atoms with Gasteiger partial charge in [0.15, 0.2) is 0 Å². The molecule has 1 amide bonds. The van der Waals surface area contributed by atoms with Gasteiger partial charge in [0.25, 0.3) is 5.91 Å². The maximum atomic E-state index is 13.2. The van der Waals surface area contributed by atoms with Gasteiger partial charge in [-0.25, -0.2) is 4.39 Å². The summed E-state index contributed by atoms with van der Waals surface area (Å²) in [6.45, 7) is 0.145. The minimum Gasteiger partial charge on any atom is -0.360 e. The molecule has 0 aliphatic carbocycles. The van der Waals surface area contributed by atoms with Crippen molar-refractivity contribution in [3.05, 3.63) is 95.1 Å². The third kappa shape index (κ3) is 3.78. The van der Waals surface area contributed by atoms with Crippen molar-refractivity contribution < 1.29 is 22.4 Å². The van der Waals surface area contributed by atoms with E-state index < -0.39 is 23.7 Å². The molecule has 0 bridgehead atoms. The lowest BCUT2D eigenvalue weighted by molar-refractivity contribution is -0.137. The number of halogens is 4. The Labute approximate surface area is 163 Å². The van der Waals surface area contributed by atoms with Gasteiger partial charge in [-0.1, -0.05) is 18.2 Å². The largest absolute Gasteiger partial charge is 0.416 e. The Kier molecular flexibility index (Phi) is 4.70. The van der Waals surface area contributed by atoms with Gasteiger partial charge in [-0.05, 0) is 48.0 Å². The first-order chi connectivity index (χ1) is 13.8. The Morgan fingerprint density at radius 1 is 1.03 bits per heavy atom. The summed E-state index contributed by atoms with van der Waals surface area (Å²) in [5.41, 5.74) is 0.901. The second kappa shape index (κ2) is 7.20. The normalized spacial score (nSPS) is 16.1. The Balaban J connectivity index is 1.68. The van der Waals surface area contributed by atoms with E-state index in [4.69, 9.17) is 0 Å². The molecule has 29 heavy (non-hydrogen) atoms. The first-order valence-electron chi connectivity index (χ1n) is 8.77. The van der Waals surface area contributed by atoms with Crippen LogP contribution >= 0.6 is 0 Å². The fraction of sp³-hybridized carbons (Fsp3) is 0.143. The third-order valence-corrected chi connectivity index (χ3v) is 4.66. The Hall–Kier alpha value is -3.42. The number of amides is 1. The second-order valence-electron chi connectivity index (χ2n) is 6.62. The van der Waals surface area contributed by atoms with Crippen molar-refractivity contribution in [3.8, 4) is 0 Å². The average molecular weight is 401 g/mol. The molecule has 0 unspecified atom stereocenters. The van der Waals surface area contributed by atoms with Crippen LogP contribution in [-0.4, -0.2) is 15.8 Å². The summed E-state index contributed by atoms with van der Waals surface area (Å²) in [7, 11) is 0. The molecule has 0 saturated carbocycles. The number of hydrogen-bond donors (Lipinski definition) is 1. The highest BCUT2D eigenvalue weighted by Gasteiger charge is 2.38. The van der Waals surface area contributed by atoms with Crippen molar-refractivity contribution in [3.63, 3.8) is 0 Å². The van der Waals surface area contributed by atoms with Crippen LogP contribution in [0.4, 0.5) is 23.2 Å². The van der Waals surface area contributed by atoms with E-state index in [-0.39, 0.29) is 18.1 Å². The number of nitrogens with zero attached hydrogens (tertiary/aromatic N) is 2. The summed E-state index contributed by atoms with van der Waals surface area (Å²) in [6.07, 6.45) is -3.71. The molecule has 8 heteroatoms. The molecule has 4 nitrogen and oxygen atoms in total. The third-order valence-electron chi connectivity index (χ3n) is 4.66. The highest BCUT2D eigenvalue weighted by Crippen LogP contribution is 2.36. The summed E-state index contributed by atoms with van der Waals surface area (Å²) in [6, 6.07) is 13.7. The molecule has 148 valence electrons. The number of alkyl halides is 3. The van der Waals surface area contributed by atoms with Gasteiger partial charge >= 0.3 is 6.18 Å². The lowest BCUT2D eigenvalue weighted by Crippen LogP contribution is -2.32. The standard InChI is InChI=1S/C21H15F4N3O/c22-15-8-6-13(7-9-15)12-28-19(18-17(20(28)29)5-2-10-26-18)27-16-4-1-3-14(11-16)21(23,24)25/h1-11,19,27H,12H2/t19-/m0/s1. The molecule has 0 saturated heterocycles. The Morgan fingerprint density at radius 2 is 1.79 bits per heavy atom. The van der Waals surface area contributed by atoms with Gasteiger partial charge < -0.3 is 10.2 Å². The molecule has 0 radical (unpaired) electrons. The van der Waals surface area contributed by atoms with Gasteiger partial charge in [0.2, 0.25) is 0 Å². The number of hydrogen-bond acceptors (Lipinski definition) is 3. The monoisotopic (exact) mass is 401 g/mol. The fourth-order valence-corrected chi connectivity index (χ4v) is 3.27. The van der Waals surface area contributed by atoms with E-state index in [2.05, 4.69) is 10.3 Å². The smallest absolute Gasteiger partial charge is 0.360 e. The number of fused-ring (bicyclic) bond motifs is 1. The zero-order valence-electron chi connectivity index (χ0n) is 14.9. The second-order valence-corrected chi connectivity index (χ2v) is 6.62. The molecule has 0 fully saturated rings. The molecule has 4 rings (SSSR count). The first-order valence-corrected chi connectivity index (χ1v) is 8.77. The van der Waals surface area contributed by atoms with Crippen LogP contribution in [-0.2, 0) is 12.7 Å². The number of pyridine rings is 1.